The van der Waals surface area contributed by atoms with Crippen LogP contribution in [0.15, 0.2) is 59.4 Å². The van der Waals surface area contributed by atoms with Crippen LogP contribution in [0, 0.1) is 6.92 Å². The number of hydrogen-bond acceptors (Lipinski definition) is 6. The molecule has 4 aromatic rings. The summed E-state index contributed by atoms with van der Waals surface area (Å²) in [4.78, 5) is 20.9. The van der Waals surface area contributed by atoms with Gasteiger partial charge in [0.15, 0.2) is 5.82 Å². The predicted molar refractivity (Wildman–Crippen MR) is 119 cm³/mol. The van der Waals surface area contributed by atoms with Crippen LogP contribution in [0.3, 0.4) is 0 Å². The van der Waals surface area contributed by atoms with Gasteiger partial charge in [0, 0.05) is 23.2 Å². The monoisotopic (exact) mass is 417 g/mol. The van der Waals surface area contributed by atoms with Crippen LogP contribution >= 0.6 is 0 Å². The summed E-state index contributed by atoms with van der Waals surface area (Å²) in [5, 5.41) is 10.2. The molecule has 2 amide bonds. The van der Waals surface area contributed by atoms with Gasteiger partial charge in [0.2, 0.25) is 5.88 Å². The van der Waals surface area contributed by atoms with Crippen LogP contribution in [0.2, 0.25) is 0 Å². The number of anilines is 2. The van der Waals surface area contributed by atoms with Gasteiger partial charge in [-0.25, -0.2) is 14.8 Å². The van der Waals surface area contributed by atoms with Crippen LogP contribution in [0.25, 0.3) is 10.9 Å². The smallest absolute Gasteiger partial charge is 0.324 e. The summed E-state index contributed by atoms with van der Waals surface area (Å²) in [6.07, 6.45) is 1.47. The standard InChI is InChI=1S/C23H23N5O3/c1-14-7-5-10-17-20(14)21(25-13-24-17)30-16-9-6-8-15(11-16)26-22(29)27-19-12-18(31-28-19)23(2,3)4/h5-13H,1-4H3,(H2,26,27,28,29). The Morgan fingerprint density at radius 1 is 1.03 bits per heavy atom. The Bertz CT molecular complexity index is 1240. The van der Waals surface area contributed by atoms with Crippen LogP contribution in [0.5, 0.6) is 11.6 Å². The van der Waals surface area contributed by atoms with Crippen molar-refractivity contribution in [1.82, 2.24) is 15.1 Å². The first-order valence-electron chi connectivity index (χ1n) is 9.83. The number of aromatic nitrogens is 3. The average Bonchev–Trinajstić information content (AvgIpc) is 3.17. The lowest BCUT2D eigenvalue weighted by molar-refractivity contribution is 0.262. The molecular weight excluding hydrogens is 394 g/mol. The molecule has 0 radical (unpaired) electrons. The maximum absolute atomic E-state index is 12.4. The van der Waals surface area contributed by atoms with Crippen LogP contribution in [0.1, 0.15) is 32.1 Å². The molecule has 31 heavy (non-hydrogen) atoms. The lowest BCUT2D eigenvalue weighted by Crippen LogP contribution is -2.19. The van der Waals surface area contributed by atoms with E-state index in [1.165, 1.54) is 6.33 Å². The Hall–Kier alpha value is -3.94. The van der Waals surface area contributed by atoms with E-state index >= 15 is 0 Å². The highest BCUT2D eigenvalue weighted by molar-refractivity contribution is 5.99. The van der Waals surface area contributed by atoms with E-state index in [-0.39, 0.29) is 5.41 Å². The second kappa shape index (κ2) is 8.06. The molecule has 0 saturated heterocycles. The van der Waals surface area contributed by atoms with Crippen LogP contribution < -0.4 is 15.4 Å². The van der Waals surface area contributed by atoms with Gasteiger partial charge in [0.25, 0.3) is 0 Å². The summed E-state index contributed by atoms with van der Waals surface area (Å²) in [5.74, 6) is 2.03. The summed E-state index contributed by atoms with van der Waals surface area (Å²) in [5.41, 5.74) is 2.19. The van der Waals surface area contributed by atoms with Gasteiger partial charge in [-0.3, -0.25) is 5.32 Å². The zero-order valence-corrected chi connectivity index (χ0v) is 17.8. The fraction of sp³-hybridized carbons (Fsp3) is 0.217. The van der Waals surface area contributed by atoms with Crippen molar-refractivity contribution in [2.45, 2.75) is 33.1 Å². The SMILES string of the molecule is Cc1cccc2ncnc(Oc3cccc(NC(=O)Nc4cc(C(C)(C)C)on4)c3)c12. The molecule has 0 saturated carbocycles. The van der Waals surface area contributed by atoms with E-state index < -0.39 is 6.03 Å². The number of urea groups is 1. The lowest BCUT2D eigenvalue weighted by Gasteiger charge is -2.12. The van der Waals surface area contributed by atoms with Gasteiger partial charge in [0.1, 0.15) is 17.8 Å². The number of rotatable bonds is 4. The number of carbonyl (C=O) groups excluding carboxylic acids is 1. The van der Waals surface area contributed by atoms with Gasteiger partial charge in [-0.1, -0.05) is 44.1 Å². The lowest BCUT2D eigenvalue weighted by atomic mass is 9.93. The van der Waals surface area contributed by atoms with E-state index in [9.17, 15) is 4.79 Å². The molecule has 0 aliphatic rings. The van der Waals surface area contributed by atoms with Crippen molar-refractivity contribution in [1.29, 1.82) is 0 Å². The van der Waals surface area contributed by atoms with Crippen LogP contribution in [-0.2, 0) is 5.41 Å². The number of nitrogens with one attached hydrogen (secondary N) is 2. The highest BCUT2D eigenvalue weighted by Gasteiger charge is 2.20. The average molecular weight is 417 g/mol. The van der Waals surface area contributed by atoms with E-state index in [1.807, 2.05) is 45.9 Å². The van der Waals surface area contributed by atoms with Gasteiger partial charge < -0.3 is 14.6 Å². The van der Waals surface area contributed by atoms with Gasteiger partial charge >= 0.3 is 6.03 Å². The fourth-order valence-electron chi connectivity index (χ4n) is 3.04. The van der Waals surface area contributed by atoms with E-state index in [1.54, 1.807) is 30.3 Å². The number of aryl methyl sites for hydroxylation is 1. The summed E-state index contributed by atoms with van der Waals surface area (Å²) in [7, 11) is 0. The largest absolute Gasteiger partial charge is 0.438 e. The minimum atomic E-state index is -0.436. The maximum atomic E-state index is 12.4. The van der Waals surface area contributed by atoms with Crippen molar-refractivity contribution < 1.29 is 14.1 Å². The molecule has 2 aromatic heterocycles. The third-order valence-electron chi connectivity index (χ3n) is 4.63. The van der Waals surface area contributed by atoms with E-state index in [2.05, 4.69) is 25.8 Å². The highest BCUT2D eigenvalue weighted by atomic mass is 16.5. The predicted octanol–water partition coefficient (Wildman–Crippen LogP) is 5.66. The number of benzene rings is 2. The number of nitrogens with zero attached hydrogens (tertiary/aromatic N) is 3. The second-order valence-corrected chi connectivity index (χ2v) is 8.18. The van der Waals surface area contributed by atoms with Gasteiger partial charge in [0.05, 0.1) is 10.9 Å². The summed E-state index contributed by atoms with van der Waals surface area (Å²) < 4.78 is 11.3. The number of ether oxygens (including phenoxy) is 1. The summed E-state index contributed by atoms with van der Waals surface area (Å²) in [6.45, 7) is 8.00. The Morgan fingerprint density at radius 2 is 1.84 bits per heavy atom. The zero-order valence-electron chi connectivity index (χ0n) is 17.8. The molecular formula is C23H23N5O3. The Kier molecular flexibility index (Phi) is 5.29. The number of fused-ring (bicyclic) bond motifs is 1. The molecule has 158 valence electrons. The molecule has 0 aliphatic heterocycles. The molecule has 2 N–H and O–H groups in total. The molecule has 0 atom stereocenters. The Labute approximate surface area is 179 Å². The maximum Gasteiger partial charge on any atom is 0.324 e. The van der Waals surface area contributed by atoms with Crippen molar-refractivity contribution in [3.8, 4) is 11.6 Å². The Morgan fingerprint density at radius 3 is 2.61 bits per heavy atom. The van der Waals surface area contributed by atoms with Crippen molar-refractivity contribution >= 4 is 28.4 Å². The van der Waals surface area contributed by atoms with Gasteiger partial charge in [-0.15, -0.1) is 0 Å². The molecule has 0 bridgehead atoms. The fourth-order valence-corrected chi connectivity index (χ4v) is 3.04. The molecule has 8 heteroatoms. The number of carbonyl (C=O) groups is 1. The number of hydrogen-bond donors (Lipinski definition) is 2. The zero-order chi connectivity index (χ0) is 22.0. The third-order valence-corrected chi connectivity index (χ3v) is 4.63. The minimum absolute atomic E-state index is 0.196. The first-order chi connectivity index (χ1) is 14.8. The van der Waals surface area contributed by atoms with E-state index in [4.69, 9.17) is 9.26 Å². The second-order valence-electron chi connectivity index (χ2n) is 8.18. The van der Waals surface area contributed by atoms with Crippen molar-refractivity contribution in [3.05, 3.63) is 66.2 Å². The van der Waals surface area contributed by atoms with Crippen LogP contribution in [0.4, 0.5) is 16.3 Å². The molecule has 2 aromatic carbocycles. The molecule has 0 aliphatic carbocycles. The Balaban J connectivity index is 1.48. The summed E-state index contributed by atoms with van der Waals surface area (Å²) >= 11 is 0. The topological polar surface area (TPSA) is 102 Å². The van der Waals surface area contributed by atoms with Gasteiger partial charge in [-0.2, -0.15) is 0 Å². The molecule has 0 fully saturated rings. The molecule has 0 spiro atoms. The summed E-state index contributed by atoms with van der Waals surface area (Å²) in [6, 6.07) is 14.2. The molecule has 0 unspecified atom stereocenters. The normalized spacial score (nSPS) is 11.4. The first-order valence-corrected chi connectivity index (χ1v) is 9.83. The van der Waals surface area contributed by atoms with Crippen LogP contribution in [-0.4, -0.2) is 21.2 Å². The first kappa shape index (κ1) is 20.3. The molecule has 8 nitrogen and oxygen atoms in total. The van der Waals surface area contributed by atoms with Crippen molar-refractivity contribution in [2.75, 3.05) is 10.6 Å². The number of amides is 2. The minimum Gasteiger partial charge on any atom is -0.438 e. The highest BCUT2D eigenvalue weighted by Crippen LogP contribution is 2.30. The quantitative estimate of drug-likeness (QED) is 0.444. The third kappa shape index (κ3) is 4.63. The van der Waals surface area contributed by atoms with Crippen molar-refractivity contribution in [3.63, 3.8) is 0 Å². The van der Waals surface area contributed by atoms with Crippen molar-refractivity contribution in [2.24, 2.45) is 0 Å². The van der Waals surface area contributed by atoms with Gasteiger partial charge in [-0.05, 0) is 30.7 Å². The molecule has 2 heterocycles. The van der Waals surface area contributed by atoms with E-state index in [0.717, 1.165) is 16.5 Å². The molecule has 4 rings (SSSR count). The van der Waals surface area contributed by atoms with E-state index in [0.29, 0.717) is 28.9 Å².